The molecule has 0 aliphatic heterocycles. The van der Waals surface area contributed by atoms with E-state index in [1.807, 2.05) is 0 Å². The Bertz CT molecular complexity index is 764. The molecule has 0 spiro atoms. The minimum Gasteiger partial charge on any atom is -0.496 e. The number of rotatable bonds is 5. The number of ether oxygens (including phenoxy) is 2. The van der Waals surface area contributed by atoms with Gasteiger partial charge in [-0.15, -0.1) is 0 Å². The van der Waals surface area contributed by atoms with E-state index in [9.17, 15) is 9.59 Å². The summed E-state index contributed by atoms with van der Waals surface area (Å²) in [4.78, 5) is 27.7. The Balaban J connectivity index is 2.44. The largest absolute Gasteiger partial charge is 0.496 e. The normalized spacial score (nSPS) is 10.5. The molecular formula is C17H18BrNO4. The third-order valence-electron chi connectivity index (χ3n) is 3.56. The lowest BCUT2D eigenvalue weighted by Gasteiger charge is -2.07. The lowest BCUT2D eigenvalue weighted by atomic mass is 9.99. The molecule has 122 valence electrons. The minimum atomic E-state index is -0.455. The highest BCUT2D eigenvalue weighted by molar-refractivity contribution is 9.10. The molecule has 0 saturated carbocycles. The number of aromatic amines is 1. The SMILES string of the molecule is CCOC(=O)c1[nH]c(C)c(C(=O)c2ccc(OC)c(Br)c2)c1C. The van der Waals surface area contributed by atoms with Gasteiger partial charge in [-0.2, -0.15) is 0 Å². The Morgan fingerprint density at radius 2 is 1.96 bits per heavy atom. The van der Waals surface area contributed by atoms with E-state index >= 15 is 0 Å². The average molecular weight is 380 g/mol. The van der Waals surface area contributed by atoms with Gasteiger partial charge >= 0.3 is 5.97 Å². The quantitative estimate of drug-likeness (QED) is 0.633. The monoisotopic (exact) mass is 379 g/mol. The van der Waals surface area contributed by atoms with E-state index in [2.05, 4.69) is 20.9 Å². The van der Waals surface area contributed by atoms with E-state index in [1.54, 1.807) is 46.1 Å². The Labute approximate surface area is 143 Å². The standard InChI is InChI=1S/C17H18BrNO4/c1-5-23-17(21)15-9(2)14(10(3)19-15)16(20)11-6-7-13(22-4)12(18)8-11/h6-8,19H,5H2,1-4H3. The fourth-order valence-electron chi connectivity index (χ4n) is 2.45. The molecule has 0 radical (unpaired) electrons. The van der Waals surface area contributed by atoms with E-state index in [-0.39, 0.29) is 12.4 Å². The Morgan fingerprint density at radius 3 is 2.52 bits per heavy atom. The predicted octanol–water partition coefficient (Wildman–Crippen LogP) is 3.81. The van der Waals surface area contributed by atoms with Gasteiger partial charge in [-0.05, 0) is 60.5 Å². The van der Waals surface area contributed by atoms with Crippen LogP contribution in [0.2, 0.25) is 0 Å². The number of hydrogen-bond donors (Lipinski definition) is 1. The summed E-state index contributed by atoms with van der Waals surface area (Å²) in [6.45, 7) is 5.53. The molecular weight excluding hydrogens is 362 g/mol. The summed E-state index contributed by atoms with van der Waals surface area (Å²) in [5, 5.41) is 0. The molecule has 2 rings (SSSR count). The number of H-pyrrole nitrogens is 1. The molecule has 1 heterocycles. The summed E-state index contributed by atoms with van der Waals surface area (Å²) in [7, 11) is 1.56. The first-order valence-corrected chi connectivity index (χ1v) is 7.94. The summed E-state index contributed by atoms with van der Waals surface area (Å²) >= 11 is 3.38. The maximum Gasteiger partial charge on any atom is 0.355 e. The van der Waals surface area contributed by atoms with Crippen LogP contribution in [0.25, 0.3) is 0 Å². The molecule has 2 aromatic rings. The lowest BCUT2D eigenvalue weighted by Crippen LogP contribution is -2.08. The van der Waals surface area contributed by atoms with Crippen LogP contribution in [0.1, 0.15) is 44.6 Å². The first-order chi connectivity index (χ1) is 10.9. The van der Waals surface area contributed by atoms with Crippen molar-refractivity contribution in [2.75, 3.05) is 13.7 Å². The fraction of sp³-hybridized carbons (Fsp3) is 0.294. The van der Waals surface area contributed by atoms with Gasteiger partial charge in [0.15, 0.2) is 5.78 Å². The van der Waals surface area contributed by atoms with Crippen molar-refractivity contribution >= 4 is 27.7 Å². The molecule has 0 atom stereocenters. The Morgan fingerprint density at radius 1 is 1.26 bits per heavy atom. The van der Waals surface area contributed by atoms with Crippen LogP contribution in [0, 0.1) is 13.8 Å². The van der Waals surface area contributed by atoms with Crippen LogP contribution < -0.4 is 4.74 Å². The van der Waals surface area contributed by atoms with Crippen LogP contribution in [0.4, 0.5) is 0 Å². The molecule has 0 fully saturated rings. The zero-order chi connectivity index (χ0) is 17.1. The number of carbonyl (C=O) groups is 2. The van der Waals surface area contributed by atoms with Crippen molar-refractivity contribution in [1.29, 1.82) is 0 Å². The first-order valence-electron chi connectivity index (χ1n) is 7.15. The van der Waals surface area contributed by atoms with Crippen LogP contribution in [-0.4, -0.2) is 30.5 Å². The number of aromatic nitrogens is 1. The highest BCUT2D eigenvalue weighted by Crippen LogP contribution is 2.28. The average Bonchev–Trinajstić information content (AvgIpc) is 2.81. The van der Waals surface area contributed by atoms with Crippen molar-refractivity contribution in [1.82, 2.24) is 4.98 Å². The summed E-state index contributed by atoms with van der Waals surface area (Å²) in [6.07, 6.45) is 0. The number of aryl methyl sites for hydroxylation is 1. The highest BCUT2D eigenvalue weighted by Gasteiger charge is 2.23. The fourth-order valence-corrected chi connectivity index (χ4v) is 2.99. The van der Waals surface area contributed by atoms with E-state index in [4.69, 9.17) is 9.47 Å². The van der Waals surface area contributed by atoms with Crippen LogP contribution in [-0.2, 0) is 4.74 Å². The molecule has 5 nitrogen and oxygen atoms in total. The second kappa shape index (κ2) is 7.00. The van der Waals surface area contributed by atoms with Crippen molar-refractivity contribution in [2.24, 2.45) is 0 Å². The Hall–Kier alpha value is -2.08. The van der Waals surface area contributed by atoms with E-state index in [1.165, 1.54) is 0 Å². The van der Waals surface area contributed by atoms with Gasteiger partial charge < -0.3 is 14.5 Å². The van der Waals surface area contributed by atoms with E-state index in [0.29, 0.717) is 38.3 Å². The molecule has 0 bridgehead atoms. The number of carbonyl (C=O) groups excluding carboxylic acids is 2. The lowest BCUT2D eigenvalue weighted by molar-refractivity contribution is 0.0519. The smallest absolute Gasteiger partial charge is 0.355 e. The van der Waals surface area contributed by atoms with Crippen molar-refractivity contribution in [3.05, 3.63) is 50.8 Å². The number of nitrogens with one attached hydrogen (secondary N) is 1. The minimum absolute atomic E-state index is 0.157. The number of ketones is 1. The van der Waals surface area contributed by atoms with Crippen LogP contribution in [0.15, 0.2) is 22.7 Å². The zero-order valence-electron chi connectivity index (χ0n) is 13.5. The third kappa shape index (κ3) is 3.32. The summed E-state index contributed by atoms with van der Waals surface area (Å²) in [6, 6.07) is 5.12. The molecule has 1 N–H and O–H groups in total. The maximum atomic E-state index is 12.8. The molecule has 0 aliphatic rings. The van der Waals surface area contributed by atoms with Gasteiger partial charge in [0.2, 0.25) is 0 Å². The molecule has 0 amide bonds. The molecule has 0 aliphatic carbocycles. The molecule has 6 heteroatoms. The third-order valence-corrected chi connectivity index (χ3v) is 4.18. The van der Waals surface area contributed by atoms with Crippen LogP contribution in [0.5, 0.6) is 5.75 Å². The predicted molar refractivity (Wildman–Crippen MR) is 90.3 cm³/mol. The maximum absolute atomic E-state index is 12.8. The van der Waals surface area contributed by atoms with Gasteiger partial charge in [-0.3, -0.25) is 4.79 Å². The van der Waals surface area contributed by atoms with Crippen molar-refractivity contribution in [3.8, 4) is 5.75 Å². The zero-order valence-corrected chi connectivity index (χ0v) is 15.0. The van der Waals surface area contributed by atoms with Gasteiger partial charge in [0.1, 0.15) is 11.4 Å². The van der Waals surface area contributed by atoms with Gasteiger partial charge in [0, 0.05) is 16.8 Å². The highest BCUT2D eigenvalue weighted by atomic mass is 79.9. The van der Waals surface area contributed by atoms with E-state index in [0.717, 1.165) is 0 Å². The van der Waals surface area contributed by atoms with Crippen molar-refractivity contribution < 1.29 is 19.1 Å². The Kier molecular flexibility index (Phi) is 5.26. The number of halogens is 1. The summed E-state index contributed by atoms with van der Waals surface area (Å²) in [5.41, 5.74) is 2.56. The molecule has 0 unspecified atom stereocenters. The molecule has 23 heavy (non-hydrogen) atoms. The van der Waals surface area contributed by atoms with Gasteiger partial charge in [-0.25, -0.2) is 4.79 Å². The number of esters is 1. The second-order valence-corrected chi connectivity index (χ2v) is 5.88. The van der Waals surface area contributed by atoms with Crippen molar-refractivity contribution in [2.45, 2.75) is 20.8 Å². The van der Waals surface area contributed by atoms with E-state index < -0.39 is 5.97 Å². The molecule has 1 aromatic carbocycles. The first kappa shape index (κ1) is 17.3. The van der Waals surface area contributed by atoms with Crippen LogP contribution >= 0.6 is 15.9 Å². The van der Waals surface area contributed by atoms with Gasteiger partial charge in [0.25, 0.3) is 0 Å². The summed E-state index contributed by atoms with van der Waals surface area (Å²) in [5.74, 6) is 0.0366. The molecule has 0 saturated heterocycles. The summed E-state index contributed by atoms with van der Waals surface area (Å²) < 4.78 is 10.9. The second-order valence-electron chi connectivity index (χ2n) is 5.02. The van der Waals surface area contributed by atoms with Gasteiger partial charge in [0.05, 0.1) is 18.2 Å². The number of benzene rings is 1. The molecule has 1 aromatic heterocycles. The number of methoxy groups -OCH3 is 1. The van der Waals surface area contributed by atoms with Crippen molar-refractivity contribution in [3.63, 3.8) is 0 Å². The topological polar surface area (TPSA) is 68.4 Å². The number of hydrogen-bond acceptors (Lipinski definition) is 4. The van der Waals surface area contributed by atoms with Gasteiger partial charge in [-0.1, -0.05) is 0 Å². The van der Waals surface area contributed by atoms with Crippen LogP contribution in [0.3, 0.4) is 0 Å².